The summed E-state index contributed by atoms with van der Waals surface area (Å²) < 4.78 is 97.8. The quantitative estimate of drug-likeness (QED) is 0.0223. The van der Waals surface area contributed by atoms with Crippen molar-refractivity contribution in [1.29, 1.82) is 0 Å². The van der Waals surface area contributed by atoms with Gasteiger partial charge in [-0.1, -0.05) is 76.6 Å². The molecule has 2 amide bonds. The van der Waals surface area contributed by atoms with Gasteiger partial charge in [-0.05, 0) is 47.5 Å². The number of carbonyl (C=O) groups excluding carboxylic acids is 3. The van der Waals surface area contributed by atoms with Crippen molar-refractivity contribution in [3.05, 3.63) is 182 Å². The average Bonchev–Trinajstić information content (AvgIpc) is 3.91. The number of nitro benzene ring substituents is 2. The molecule has 17 nitrogen and oxygen atoms in total. The fourth-order valence-electron chi connectivity index (χ4n) is 7.47. The Kier molecular flexibility index (Phi) is 16.4. The van der Waals surface area contributed by atoms with Crippen LogP contribution in [0, 0.1) is 20.2 Å². The van der Waals surface area contributed by atoms with Crippen LogP contribution in [0.15, 0.2) is 134 Å². The first-order chi connectivity index (χ1) is 34.0. The summed E-state index contributed by atoms with van der Waals surface area (Å²) in [7, 11) is 1.21. The minimum absolute atomic E-state index is 0.00514. The molecule has 0 bridgehead atoms. The fourth-order valence-corrected chi connectivity index (χ4v) is 7.67. The van der Waals surface area contributed by atoms with Crippen molar-refractivity contribution in [2.45, 2.75) is 36.6 Å². The Balaban J connectivity index is 0.000000245. The second-order valence-corrected chi connectivity index (χ2v) is 16.5. The van der Waals surface area contributed by atoms with E-state index in [0.717, 1.165) is 48.3 Å². The molecule has 0 saturated heterocycles. The Bertz CT molecular complexity index is 3100. The standard InChI is InChI=1S/C28H24F3N3O7.C20H17BrF3N3O4/c1-40-26(36)19-7-10-21(11-8-19)41-16-25(35)32-17-27(37,28(29,30)31)23-15-33(14-18-5-3-2-4-6-18)24-13-20(34(38)39)9-12-22(23)24;21-9-18(28)25-12-19(29,20(22,23)24)16-11-26(10-13-4-2-1-3-5-13)17-8-14(27(30)31)6-7-15(16)17/h2-13,15,37H,14,16-17H2,1H3,(H,32,35);1-8,11,29H,9-10,12H2,(H,25,28). The lowest BCUT2D eigenvalue weighted by Crippen LogP contribution is -2.51. The lowest BCUT2D eigenvalue weighted by Gasteiger charge is -2.30. The van der Waals surface area contributed by atoms with Gasteiger partial charge >= 0.3 is 18.3 Å². The number of aromatic nitrogens is 2. The highest BCUT2D eigenvalue weighted by atomic mass is 79.9. The molecule has 4 N–H and O–H groups in total. The normalized spacial score (nSPS) is 13.2. The summed E-state index contributed by atoms with van der Waals surface area (Å²) in [4.78, 5) is 56.7. The molecule has 0 spiro atoms. The molecule has 0 radical (unpaired) electrons. The monoisotopic (exact) mass is 1070 g/mol. The minimum atomic E-state index is -5.24. The average molecular weight is 1070 g/mol. The van der Waals surface area contributed by atoms with Gasteiger partial charge in [0.05, 0.1) is 52.0 Å². The second kappa shape index (κ2) is 22.1. The Morgan fingerprint density at radius 1 is 0.639 bits per heavy atom. The third kappa shape index (κ3) is 12.0. The van der Waals surface area contributed by atoms with Gasteiger partial charge in [-0.15, -0.1) is 0 Å². The largest absolute Gasteiger partial charge is 0.484 e. The highest BCUT2D eigenvalue weighted by Gasteiger charge is 2.57. The number of rotatable bonds is 17. The number of aliphatic hydroxyl groups is 2. The van der Waals surface area contributed by atoms with Crippen LogP contribution >= 0.6 is 15.9 Å². The predicted octanol–water partition coefficient (Wildman–Crippen LogP) is 8.19. The van der Waals surface area contributed by atoms with Crippen molar-refractivity contribution in [3.8, 4) is 5.75 Å². The number of non-ortho nitro benzene ring substituents is 2. The lowest BCUT2D eigenvalue weighted by atomic mass is 9.92. The SMILES string of the molecule is COC(=O)c1ccc(OCC(=O)NCC(O)(c2cn(Cc3ccccc3)c3cc([N+](=O)[O-])ccc23)C(F)(F)F)cc1.O=C(CBr)NCC(O)(c1cn(Cc2ccccc2)c2cc([N+](=O)[O-])ccc12)C(F)(F)F. The van der Waals surface area contributed by atoms with Crippen molar-refractivity contribution in [2.75, 3.05) is 32.1 Å². The number of ether oxygens (including phenoxy) is 2. The third-order valence-electron chi connectivity index (χ3n) is 11.2. The molecule has 2 heterocycles. The summed E-state index contributed by atoms with van der Waals surface area (Å²) >= 11 is 2.85. The van der Waals surface area contributed by atoms with Crippen LogP contribution in [0.1, 0.15) is 32.6 Å². The zero-order chi connectivity index (χ0) is 52.6. The molecule has 2 unspecified atom stereocenters. The number of nitrogens with one attached hydrogen (secondary N) is 2. The number of amides is 2. The molecule has 0 saturated carbocycles. The minimum Gasteiger partial charge on any atom is -0.484 e. The maximum Gasteiger partial charge on any atom is 0.423 e. The number of benzene rings is 5. The fraction of sp³-hybridized carbons (Fsp3) is 0.229. The smallest absolute Gasteiger partial charge is 0.423 e. The summed E-state index contributed by atoms with van der Waals surface area (Å²) in [5.41, 5.74) is -6.71. The van der Waals surface area contributed by atoms with E-state index in [-0.39, 0.29) is 62.9 Å². The van der Waals surface area contributed by atoms with Gasteiger partial charge in [0.25, 0.3) is 17.3 Å². The highest BCUT2D eigenvalue weighted by molar-refractivity contribution is 9.09. The number of hydrogen-bond acceptors (Lipinski definition) is 11. The van der Waals surface area contributed by atoms with Crippen LogP contribution in [0.5, 0.6) is 5.75 Å². The number of nitrogens with zero attached hydrogens (tertiary/aromatic N) is 4. The number of nitro groups is 2. The molecule has 72 heavy (non-hydrogen) atoms. The molecule has 2 atom stereocenters. The van der Waals surface area contributed by atoms with E-state index in [1.165, 1.54) is 46.6 Å². The van der Waals surface area contributed by atoms with Gasteiger partial charge in [0.15, 0.2) is 6.61 Å². The Labute approximate surface area is 412 Å². The second-order valence-electron chi connectivity index (χ2n) is 15.9. The number of hydrogen-bond donors (Lipinski definition) is 4. The highest BCUT2D eigenvalue weighted by Crippen LogP contribution is 2.44. The molecule has 378 valence electrons. The van der Waals surface area contributed by atoms with Crippen LogP contribution < -0.4 is 15.4 Å². The van der Waals surface area contributed by atoms with Gasteiger partial charge in [0.2, 0.25) is 17.1 Å². The molecule has 0 aliphatic rings. The zero-order valence-electron chi connectivity index (χ0n) is 37.4. The summed E-state index contributed by atoms with van der Waals surface area (Å²) in [6, 6.07) is 29.8. The summed E-state index contributed by atoms with van der Waals surface area (Å²) in [5, 5.41) is 48.1. The zero-order valence-corrected chi connectivity index (χ0v) is 39.0. The molecule has 7 rings (SSSR count). The van der Waals surface area contributed by atoms with Crippen molar-refractivity contribution in [2.24, 2.45) is 0 Å². The predicted molar refractivity (Wildman–Crippen MR) is 251 cm³/mol. The van der Waals surface area contributed by atoms with Crippen molar-refractivity contribution in [1.82, 2.24) is 19.8 Å². The number of carbonyl (C=O) groups is 3. The van der Waals surface area contributed by atoms with Crippen LogP contribution in [0.2, 0.25) is 0 Å². The first-order valence-corrected chi connectivity index (χ1v) is 22.2. The first kappa shape index (κ1) is 53.5. The van der Waals surface area contributed by atoms with Crippen LogP contribution in [0.3, 0.4) is 0 Å². The van der Waals surface area contributed by atoms with E-state index in [2.05, 4.69) is 31.3 Å². The van der Waals surface area contributed by atoms with E-state index in [4.69, 9.17) is 4.74 Å². The Hall–Kier alpha value is -7.83. The van der Waals surface area contributed by atoms with E-state index >= 15 is 0 Å². The molecular formula is C48H41BrF6N6O11. The molecule has 24 heteroatoms. The van der Waals surface area contributed by atoms with E-state index in [9.17, 15) is 71.2 Å². The molecule has 0 fully saturated rings. The number of esters is 1. The van der Waals surface area contributed by atoms with Crippen molar-refractivity contribution in [3.63, 3.8) is 0 Å². The van der Waals surface area contributed by atoms with Crippen LogP contribution in [0.4, 0.5) is 37.7 Å². The lowest BCUT2D eigenvalue weighted by molar-refractivity contribution is -0.384. The number of halogens is 7. The molecular weight excluding hydrogens is 1030 g/mol. The molecule has 0 aliphatic heterocycles. The topological polar surface area (TPSA) is 230 Å². The van der Waals surface area contributed by atoms with Gasteiger partial charge in [0.1, 0.15) is 5.75 Å². The first-order valence-electron chi connectivity index (χ1n) is 21.1. The Morgan fingerprint density at radius 3 is 1.43 bits per heavy atom. The van der Waals surface area contributed by atoms with Crippen molar-refractivity contribution < 1.29 is 70.3 Å². The molecule has 7 aromatic rings. The number of methoxy groups -OCH3 is 1. The summed E-state index contributed by atoms with van der Waals surface area (Å²) in [5.74, 6) is -2.09. The van der Waals surface area contributed by atoms with E-state index in [0.29, 0.717) is 5.56 Å². The summed E-state index contributed by atoms with van der Waals surface area (Å²) in [6.07, 6.45) is -8.16. The molecule has 5 aromatic carbocycles. The maximum atomic E-state index is 14.4. The van der Waals surface area contributed by atoms with Crippen molar-refractivity contribution >= 4 is 66.9 Å². The Morgan fingerprint density at radius 2 is 1.06 bits per heavy atom. The van der Waals surface area contributed by atoms with E-state index in [1.54, 1.807) is 60.7 Å². The molecule has 2 aromatic heterocycles. The maximum absolute atomic E-state index is 14.4. The molecule has 0 aliphatic carbocycles. The van der Waals surface area contributed by atoms with Gasteiger partial charge < -0.3 is 39.5 Å². The number of fused-ring (bicyclic) bond motifs is 2. The number of alkyl halides is 7. The van der Waals surface area contributed by atoms with Crippen LogP contribution in [-0.4, -0.2) is 91.5 Å². The third-order valence-corrected chi connectivity index (χ3v) is 11.7. The van der Waals surface area contributed by atoms with Gasteiger partial charge in [0, 0.05) is 71.6 Å². The van der Waals surface area contributed by atoms with Gasteiger partial charge in [-0.3, -0.25) is 29.8 Å². The van der Waals surface area contributed by atoms with Crippen LogP contribution in [-0.2, 0) is 38.6 Å². The van der Waals surface area contributed by atoms with Crippen LogP contribution in [0.25, 0.3) is 21.8 Å². The van der Waals surface area contributed by atoms with Gasteiger partial charge in [-0.25, -0.2) is 4.79 Å². The summed E-state index contributed by atoms with van der Waals surface area (Å²) in [6.45, 7) is -2.83. The van der Waals surface area contributed by atoms with E-state index < -0.39 is 82.0 Å². The van der Waals surface area contributed by atoms with Gasteiger partial charge in [-0.2, -0.15) is 26.3 Å². The van der Waals surface area contributed by atoms with E-state index in [1.807, 2.05) is 0 Å².